The quantitative estimate of drug-likeness (QED) is 0.318. The third-order valence-electron chi connectivity index (χ3n) is 4.80. The summed E-state index contributed by atoms with van der Waals surface area (Å²) < 4.78 is 34.5. The molecule has 0 atom stereocenters. The van der Waals surface area contributed by atoms with Gasteiger partial charge in [0.2, 0.25) is 11.2 Å². The number of nitrogens with zero attached hydrogens (tertiary/aromatic N) is 5. The van der Waals surface area contributed by atoms with Gasteiger partial charge in [-0.15, -0.1) is 6.58 Å². The van der Waals surface area contributed by atoms with E-state index in [-0.39, 0.29) is 59.7 Å². The second-order valence-electron chi connectivity index (χ2n) is 6.98. The van der Waals surface area contributed by atoms with E-state index in [1.807, 2.05) is 0 Å². The largest absolute Gasteiger partial charge is 0.339 e. The van der Waals surface area contributed by atoms with Crippen molar-refractivity contribution in [1.29, 1.82) is 0 Å². The van der Waals surface area contributed by atoms with Gasteiger partial charge in [0.05, 0.1) is 0 Å². The van der Waals surface area contributed by atoms with Crippen LogP contribution in [0.1, 0.15) is 23.7 Å². The third kappa shape index (κ3) is 4.24. The summed E-state index contributed by atoms with van der Waals surface area (Å²) in [6.45, 7) is 3.97. The smallest absolute Gasteiger partial charge is 0.330 e. The molecule has 1 N–H and O–H groups in total. The number of allylic oxidation sites excluding steroid dienone is 1. The van der Waals surface area contributed by atoms with Gasteiger partial charge in [0, 0.05) is 32.0 Å². The first kappa shape index (κ1) is 21.6. The molecule has 0 fully saturated rings. The zero-order valence-electron chi connectivity index (χ0n) is 16.6. The molecule has 0 saturated heterocycles. The molecule has 3 aromatic heterocycles. The predicted octanol–water partition coefficient (Wildman–Crippen LogP) is 2.61. The maximum absolute atomic E-state index is 13.8. The summed E-state index contributed by atoms with van der Waals surface area (Å²) >= 11 is 6.05. The summed E-state index contributed by atoms with van der Waals surface area (Å²) in [4.78, 5) is 35.9. The average molecular weight is 463 g/mol. The molecule has 166 valence electrons. The van der Waals surface area contributed by atoms with Crippen molar-refractivity contribution in [3.63, 3.8) is 0 Å². The molecule has 12 heteroatoms. The molecular weight excluding hydrogens is 446 g/mol. The molecule has 0 spiro atoms. The minimum Gasteiger partial charge on any atom is -0.339 e. The lowest BCUT2D eigenvalue weighted by Gasteiger charge is -2.05. The number of nitrogens with one attached hydrogen (secondary N) is 1. The molecule has 3 heterocycles. The number of hydrogen-bond acceptors (Lipinski definition) is 6. The summed E-state index contributed by atoms with van der Waals surface area (Å²) in [6, 6.07) is 3.26. The Kier molecular flexibility index (Phi) is 5.99. The van der Waals surface area contributed by atoms with E-state index in [0.29, 0.717) is 6.42 Å². The zero-order valence-corrected chi connectivity index (χ0v) is 17.4. The Hall–Kier alpha value is -3.60. The molecule has 0 aliphatic carbocycles. The van der Waals surface area contributed by atoms with Crippen LogP contribution in [0.3, 0.4) is 0 Å². The Bertz CT molecular complexity index is 1420. The van der Waals surface area contributed by atoms with Crippen LogP contribution in [-0.2, 0) is 25.9 Å². The van der Waals surface area contributed by atoms with Crippen LogP contribution in [0.2, 0.25) is 5.28 Å². The van der Waals surface area contributed by atoms with Gasteiger partial charge in [0.25, 0.3) is 5.56 Å². The second kappa shape index (κ2) is 8.87. The van der Waals surface area contributed by atoms with E-state index in [0.717, 1.165) is 16.7 Å². The second-order valence-corrected chi connectivity index (χ2v) is 7.32. The van der Waals surface area contributed by atoms with Crippen molar-refractivity contribution in [3.8, 4) is 0 Å². The molecule has 4 aromatic rings. The van der Waals surface area contributed by atoms with Gasteiger partial charge in [-0.25, -0.2) is 13.6 Å². The first-order valence-electron chi connectivity index (χ1n) is 9.62. The number of fused-ring (bicyclic) bond motifs is 1. The standard InChI is InChI=1S/C20H17ClF2N6O3/c1-2-7-28-16-17(25-19(28)21)26-20(31)29(18(16)30)8-3-4-15-24-14(27-32-15)9-11-5-6-12(22)10-13(11)23/h2,5-6,10H,1,3-4,7-9H2,(H,26,31). The Morgan fingerprint density at radius 3 is 2.78 bits per heavy atom. The van der Waals surface area contributed by atoms with Gasteiger partial charge in [-0.2, -0.15) is 9.97 Å². The van der Waals surface area contributed by atoms with Gasteiger partial charge in [-0.3, -0.25) is 14.3 Å². The fourth-order valence-electron chi connectivity index (χ4n) is 3.30. The van der Waals surface area contributed by atoms with Crippen LogP contribution in [0.4, 0.5) is 8.78 Å². The number of rotatable bonds is 8. The number of aryl methyl sites for hydroxylation is 1. The monoisotopic (exact) mass is 462 g/mol. The van der Waals surface area contributed by atoms with Crippen LogP contribution in [-0.4, -0.2) is 29.2 Å². The highest BCUT2D eigenvalue weighted by Crippen LogP contribution is 2.15. The topological polar surface area (TPSA) is 112 Å². The fraction of sp³-hybridized carbons (Fsp3) is 0.250. The number of aromatic amines is 1. The highest BCUT2D eigenvalue weighted by molar-refractivity contribution is 6.29. The number of imidazole rings is 1. The molecule has 0 unspecified atom stereocenters. The van der Waals surface area contributed by atoms with Crippen molar-refractivity contribution in [3.05, 3.63) is 85.9 Å². The Labute approximate surface area is 184 Å². The van der Waals surface area contributed by atoms with E-state index < -0.39 is 22.9 Å². The number of aromatic nitrogens is 6. The summed E-state index contributed by atoms with van der Waals surface area (Å²) in [6.07, 6.45) is 2.24. The van der Waals surface area contributed by atoms with E-state index in [4.69, 9.17) is 16.1 Å². The minimum atomic E-state index is -0.693. The summed E-state index contributed by atoms with van der Waals surface area (Å²) in [5.41, 5.74) is -0.614. The fourth-order valence-corrected chi connectivity index (χ4v) is 3.54. The summed E-state index contributed by atoms with van der Waals surface area (Å²) in [5, 5.41) is 3.86. The summed E-state index contributed by atoms with van der Waals surface area (Å²) in [5.74, 6) is -0.850. The lowest BCUT2D eigenvalue weighted by molar-refractivity contribution is 0.367. The van der Waals surface area contributed by atoms with Gasteiger partial charge >= 0.3 is 5.69 Å². The minimum absolute atomic E-state index is 0.0411. The molecule has 0 amide bonds. The average Bonchev–Trinajstić information content (AvgIpc) is 3.31. The van der Waals surface area contributed by atoms with Crippen molar-refractivity contribution in [2.24, 2.45) is 0 Å². The van der Waals surface area contributed by atoms with E-state index in [9.17, 15) is 18.4 Å². The van der Waals surface area contributed by atoms with Crippen LogP contribution in [0.15, 0.2) is 45.0 Å². The lowest BCUT2D eigenvalue weighted by Crippen LogP contribution is -2.36. The van der Waals surface area contributed by atoms with E-state index in [1.165, 1.54) is 10.6 Å². The third-order valence-corrected chi connectivity index (χ3v) is 5.09. The van der Waals surface area contributed by atoms with E-state index in [2.05, 4.69) is 26.7 Å². The van der Waals surface area contributed by atoms with Gasteiger partial charge in [-0.1, -0.05) is 17.3 Å². The molecule has 0 saturated carbocycles. The predicted molar refractivity (Wildman–Crippen MR) is 112 cm³/mol. The first-order valence-corrected chi connectivity index (χ1v) is 10.00. The highest BCUT2D eigenvalue weighted by Gasteiger charge is 2.17. The number of H-pyrrole nitrogens is 1. The van der Waals surface area contributed by atoms with Crippen LogP contribution in [0.5, 0.6) is 0 Å². The normalized spacial score (nSPS) is 11.3. The number of benzene rings is 1. The zero-order chi connectivity index (χ0) is 22.8. The highest BCUT2D eigenvalue weighted by atomic mass is 35.5. The molecule has 1 aromatic carbocycles. The van der Waals surface area contributed by atoms with Crippen molar-refractivity contribution < 1.29 is 13.3 Å². The van der Waals surface area contributed by atoms with Crippen molar-refractivity contribution in [1.82, 2.24) is 29.2 Å². The van der Waals surface area contributed by atoms with Crippen molar-refractivity contribution in [2.75, 3.05) is 0 Å². The Morgan fingerprint density at radius 1 is 1.22 bits per heavy atom. The van der Waals surface area contributed by atoms with Crippen molar-refractivity contribution >= 4 is 22.8 Å². The van der Waals surface area contributed by atoms with Crippen LogP contribution in [0.25, 0.3) is 11.2 Å². The van der Waals surface area contributed by atoms with Gasteiger partial charge in [-0.05, 0) is 29.7 Å². The van der Waals surface area contributed by atoms with Crippen LogP contribution in [0, 0.1) is 11.6 Å². The molecule has 0 aliphatic heterocycles. The van der Waals surface area contributed by atoms with Gasteiger partial charge in [0.15, 0.2) is 17.0 Å². The summed E-state index contributed by atoms with van der Waals surface area (Å²) in [7, 11) is 0. The molecular formula is C20H17ClF2N6O3. The number of hydrogen-bond donors (Lipinski definition) is 1. The van der Waals surface area contributed by atoms with Gasteiger partial charge < -0.3 is 9.09 Å². The molecule has 32 heavy (non-hydrogen) atoms. The van der Waals surface area contributed by atoms with Crippen molar-refractivity contribution in [2.45, 2.75) is 32.4 Å². The molecule has 4 rings (SSSR count). The van der Waals surface area contributed by atoms with Gasteiger partial charge in [0.1, 0.15) is 11.6 Å². The first-order chi connectivity index (χ1) is 15.4. The number of halogens is 3. The Morgan fingerprint density at radius 2 is 2.03 bits per heavy atom. The molecule has 9 nitrogen and oxygen atoms in total. The SMILES string of the molecule is C=CCn1c(Cl)nc2[nH]c(=O)n(CCCc3nc(Cc4ccc(F)cc4F)no3)c(=O)c21. The lowest BCUT2D eigenvalue weighted by atomic mass is 10.1. The van der Waals surface area contributed by atoms with Crippen LogP contribution < -0.4 is 11.2 Å². The maximum Gasteiger partial charge on any atom is 0.330 e. The van der Waals surface area contributed by atoms with E-state index in [1.54, 1.807) is 6.08 Å². The molecule has 0 aliphatic rings. The van der Waals surface area contributed by atoms with E-state index >= 15 is 0 Å². The maximum atomic E-state index is 13.8. The van der Waals surface area contributed by atoms with Crippen LogP contribution >= 0.6 is 11.6 Å². The molecule has 0 radical (unpaired) electrons. The molecule has 0 bridgehead atoms. The Balaban J connectivity index is 1.47.